The maximum atomic E-state index is 12.0. The molecule has 0 radical (unpaired) electrons. The zero-order valence-electron chi connectivity index (χ0n) is 13.4. The van der Waals surface area contributed by atoms with E-state index in [1.807, 2.05) is 18.2 Å². The molecule has 0 bridgehead atoms. The summed E-state index contributed by atoms with van der Waals surface area (Å²) in [5.74, 6) is 0.305. The smallest absolute Gasteiger partial charge is 0.240 e. The second kappa shape index (κ2) is 6.53. The fourth-order valence-electron chi connectivity index (χ4n) is 2.79. The van der Waals surface area contributed by atoms with E-state index in [1.54, 1.807) is 24.3 Å². The summed E-state index contributed by atoms with van der Waals surface area (Å²) < 4.78 is 5.06. The van der Waals surface area contributed by atoms with Gasteiger partial charge in [0, 0.05) is 23.9 Å². The molecule has 0 aromatic heterocycles. The molecule has 0 spiro atoms. The Morgan fingerprint density at radius 3 is 2.58 bits per heavy atom. The highest BCUT2D eigenvalue weighted by Crippen LogP contribution is 2.35. The molecular formula is C18H17ClN2O3. The van der Waals surface area contributed by atoms with Gasteiger partial charge in [-0.15, -0.1) is 0 Å². The summed E-state index contributed by atoms with van der Waals surface area (Å²) in [6, 6.07) is 12.3. The van der Waals surface area contributed by atoms with Gasteiger partial charge >= 0.3 is 0 Å². The number of hydrazone groups is 1. The summed E-state index contributed by atoms with van der Waals surface area (Å²) in [5.41, 5.74) is 2.46. The quantitative estimate of drug-likeness (QED) is 0.922. The molecule has 0 fully saturated rings. The highest BCUT2D eigenvalue weighted by atomic mass is 35.5. The van der Waals surface area contributed by atoms with Crippen molar-refractivity contribution in [3.63, 3.8) is 0 Å². The molecule has 1 heterocycles. The van der Waals surface area contributed by atoms with E-state index in [4.69, 9.17) is 16.3 Å². The number of phenols is 1. The molecule has 124 valence electrons. The SMILES string of the molecule is COc1ccc(C2=NN(C(C)=O)[C@H](c3ccc(Cl)cc3)C2)cc1O. The Morgan fingerprint density at radius 1 is 1.29 bits per heavy atom. The number of carbonyl (C=O) groups is 1. The molecule has 0 unspecified atom stereocenters. The number of carbonyl (C=O) groups excluding carboxylic acids is 1. The zero-order valence-corrected chi connectivity index (χ0v) is 14.1. The van der Waals surface area contributed by atoms with E-state index < -0.39 is 0 Å². The van der Waals surface area contributed by atoms with Gasteiger partial charge in [0.2, 0.25) is 5.91 Å². The minimum atomic E-state index is -0.181. The Bertz CT molecular complexity index is 802. The molecule has 0 saturated carbocycles. The van der Waals surface area contributed by atoms with Crippen molar-refractivity contribution < 1.29 is 14.6 Å². The van der Waals surface area contributed by atoms with Crippen molar-refractivity contribution in [3.8, 4) is 11.5 Å². The van der Waals surface area contributed by atoms with Gasteiger partial charge in [0.1, 0.15) is 0 Å². The van der Waals surface area contributed by atoms with Gasteiger partial charge < -0.3 is 9.84 Å². The van der Waals surface area contributed by atoms with E-state index in [0.717, 1.165) is 16.8 Å². The van der Waals surface area contributed by atoms with E-state index in [-0.39, 0.29) is 17.7 Å². The maximum Gasteiger partial charge on any atom is 0.240 e. The fraction of sp³-hybridized carbons (Fsp3) is 0.222. The van der Waals surface area contributed by atoms with Gasteiger partial charge in [0.05, 0.1) is 18.9 Å². The second-order valence-electron chi connectivity index (χ2n) is 5.57. The molecule has 24 heavy (non-hydrogen) atoms. The Morgan fingerprint density at radius 2 is 2.00 bits per heavy atom. The highest BCUT2D eigenvalue weighted by molar-refractivity contribution is 6.30. The average Bonchev–Trinajstić information content (AvgIpc) is 3.01. The number of ether oxygens (including phenoxy) is 1. The number of phenolic OH excluding ortho intramolecular Hbond substituents is 1. The van der Waals surface area contributed by atoms with Crippen molar-refractivity contribution in [1.82, 2.24) is 5.01 Å². The number of amides is 1. The number of aromatic hydroxyl groups is 1. The predicted octanol–water partition coefficient (Wildman–Crippen LogP) is 3.75. The van der Waals surface area contributed by atoms with Crippen LogP contribution in [0.5, 0.6) is 11.5 Å². The Hall–Kier alpha value is -2.53. The Balaban J connectivity index is 1.93. The summed E-state index contributed by atoms with van der Waals surface area (Å²) in [6.07, 6.45) is 0.562. The topological polar surface area (TPSA) is 62.1 Å². The van der Waals surface area contributed by atoms with Gasteiger partial charge in [0.15, 0.2) is 11.5 Å². The normalized spacial score (nSPS) is 16.9. The van der Waals surface area contributed by atoms with Crippen molar-refractivity contribution >= 4 is 23.2 Å². The highest BCUT2D eigenvalue weighted by Gasteiger charge is 2.31. The standard InChI is InChI=1S/C18H17ClN2O3/c1-11(22)21-16(12-3-6-14(19)7-4-12)10-15(20-21)13-5-8-18(24-2)17(23)9-13/h3-9,16,23H,10H2,1-2H3/t16-/m0/s1. The van der Waals surface area contributed by atoms with Crippen LogP contribution in [0.1, 0.15) is 30.5 Å². The van der Waals surface area contributed by atoms with Gasteiger partial charge in [-0.1, -0.05) is 23.7 Å². The lowest BCUT2D eigenvalue weighted by Crippen LogP contribution is -2.24. The van der Waals surface area contributed by atoms with E-state index in [2.05, 4.69) is 5.10 Å². The number of methoxy groups -OCH3 is 1. The van der Waals surface area contributed by atoms with Crippen LogP contribution in [0.15, 0.2) is 47.6 Å². The number of rotatable bonds is 3. The second-order valence-corrected chi connectivity index (χ2v) is 6.00. The van der Waals surface area contributed by atoms with Crippen LogP contribution in [0.4, 0.5) is 0 Å². The van der Waals surface area contributed by atoms with E-state index in [1.165, 1.54) is 19.0 Å². The summed E-state index contributed by atoms with van der Waals surface area (Å²) in [6.45, 7) is 1.49. The molecule has 6 heteroatoms. The summed E-state index contributed by atoms with van der Waals surface area (Å²) >= 11 is 5.94. The third-order valence-electron chi connectivity index (χ3n) is 4.00. The van der Waals surface area contributed by atoms with E-state index in [9.17, 15) is 9.90 Å². The Kier molecular flexibility index (Phi) is 4.44. The summed E-state index contributed by atoms with van der Waals surface area (Å²) in [5, 5.41) is 16.5. The molecule has 2 aromatic carbocycles. The van der Waals surface area contributed by atoms with Crippen molar-refractivity contribution in [2.45, 2.75) is 19.4 Å². The largest absolute Gasteiger partial charge is 0.504 e. The van der Waals surface area contributed by atoms with Crippen LogP contribution in [0, 0.1) is 0 Å². The molecule has 1 aliphatic heterocycles. The predicted molar refractivity (Wildman–Crippen MR) is 92.5 cm³/mol. The van der Waals surface area contributed by atoms with Crippen LogP contribution in [0.25, 0.3) is 0 Å². The van der Waals surface area contributed by atoms with Gasteiger partial charge in [-0.25, -0.2) is 5.01 Å². The molecule has 1 amide bonds. The summed E-state index contributed by atoms with van der Waals surface area (Å²) in [4.78, 5) is 12.0. The first-order valence-corrected chi connectivity index (χ1v) is 7.87. The first-order valence-electron chi connectivity index (χ1n) is 7.49. The van der Waals surface area contributed by atoms with Crippen LogP contribution in [0.3, 0.4) is 0 Å². The van der Waals surface area contributed by atoms with Crippen LogP contribution >= 0.6 is 11.6 Å². The van der Waals surface area contributed by atoms with Gasteiger partial charge in [-0.05, 0) is 35.9 Å². The molecule has 1 aliphatic rings. The molecular weight excluding hydrogens is 328 g/mol. The van der Waals surface area contributed by atoms with Gasteiger partial charge in [0.25, 0.3) is 0 Å². The fourth-order valence-corrected chi connectivity index (χ4v) is 2.92. The van der Waals surface area contributed by atoms with Crippen LogP contribution in [-0.2, 0) is 4.79 Å². The van der Waals surface area contributed by atoms with Crippen molar-refractivity contribution in [2.24, 2.45) is 5.10 Å². The number of hydrogen-bond acceptors (Lipinski definition) is 4. The maximum absolute atomic E-state index is 12.0. The van der Waals surface area contributed by atoms with Gasteiger partial charge in [-0.3, -0.25) is 4.79 Å². The monoisotopic (exact) mass is 344 g/mol. The first-order chi connectivity index (χ1) is 11.5. The van der Waals surface area contributed by atoms with Crippen molar-refractivity contribution in [2.75, 3.05) is 7.11 Å². The van der Waals surface area contributed by atoms with E-state index >= 15 is 0 Å². The van der Waals surface area contributed by atoms with Crippen LogP contribution in [0.2, 0.25) is 5.02 Å². The molecule has 1 atom stereocenters. The molecule has 3 rings (SSSR count). The van der Waals surface area contributed by atoms with Crippen molar-refractivity contribution in [1.29, 1.82) is 0 Å². The summed E-state index contributed by atoms with van der Waals surface area (Å²) in [7, 11) is 1.50. The number of hydrogen-bond donors (Lipinski definition) is 1. The molecule has 0 saturated heterocycles. The molecule has 0 aliphatic carbocycles. The lowest BCUT2D eigenvalue weighted by atomic mass is 9.98. The third kappa shape index (κ3) is 3.08. The lowest BCUT2D eigenvalue weighted by molar-refractivity contribution is -0.130. The number of nitrogens with zero attached hydrogens (tertiary/aromatic N) is 2. The third-order valence-corrected chi connectivity index (χ3v) is 4.25. The van der Waals surface area contributed by atoms with Crippen molar-refractivity contribution in [3.05, 3.63) is 58.6 Å². The van der Waals surface area contributed by atoms with E-state index in [0.29, 0.717) is 17.2 Å². The molecule has 5 nitrogen and oxygen atoms in total. The minimum absolute atomic E-state index is 0.0435. The average molecular weight is 345 g/mol. The Labute approximate surface area is 145 Å². The van der Waals surface area contributed by atoms with Crippen LogP contribution in [-0.4, -0.2) is 28.8 Å². The van der Waals surface area contributed by atoms with Crippen LogP contribution < -0.4 is 4.74 Å². The number of halogens is 1. The van der Waals surface area contributed by atoms with Gasteiger partial charge in [-0.2, -0.15) is 5.10 Å². The lowest BCUT2D eigenvalue weighted by Gasteiger charge is -2.20. The number of benzene rings is 2. The zero-order chi connectivity index (χ0) is 17.3. The minimum Gasteiger partial charge on any atom is -0.504 e. The first kappa shape index (κ1) is 16.3. The molecule has 2 aromatic rings. The molecule has 1 N–H and O–H groups in total.